The molecule has 2 heterocycles. The molecule has 4 rings (SSSR count). The Morgan fingerprint density at radius 2 is 1.65 bits per heavy atom. The molecule has 0 unspecified atom stereocenters. The molecule has 0 atom stereocenters. The van der Waals surface area contributed by atoms with Crippen LogP contribution in [0.2, 0.25) is 0 Å². The fraction of sp³-hybridized carbons (Fsp3) is 0.320. The molecular formula is C25H30Cl2N2O2. The Hall–Kier alpha value is -2.11. The van der Waals surface area contributed by atoms with Gasteiger partial charge in [0.1, 0.15) is 5.58 Å². The van der Waals surface area contributed by atoms with Gasteiger partial charge in [0.2, 0.25) is 0 Å². The molecule has 0 aliphatic carbocycles. The zero-order valence-electron chi connectivity index (χ0n) is 17.8. The van der Waals surface area contributed by atoms with E-state index in [4.69, 9.17) is 4.42 Å². The lowest BCUT2D eigenvalue weighted by Gasteiger charge is -2.34. The zero-order valence-corrected chi connectivity index (χ0v) is 19.5. The number of piperazine rings is 1. The zero-order chi connectivity index (χ0) is 20.1. The van der Waals surface area contributed by atoms with E-state index >= 15 is 0 Å². The smallest absolute Gasteiger partial charge is 0.336 e. The van der Waals surface area contributed by atoms with Crippen LogP contribution in [0.15, 0.2) is 69.9 Å². The topological polar surface area (TPSA) is 36.7 Å². The Labute approximate surface area is 196 Å². The summed E-state index contributed by atoms with van der Waals surface area (Å²) >= 11 is 0. The molecule has 1 aliphatic rings. The molecule has 0 amide bonds. The van der Waals surface area contributed by atoms with E-state index in [1.807, 2.05) is 18.2 Å². The summed E-state index contributed by atoms with van der Waals surface area (Å²) in [6.07, 6.45) is 5.41. The second-order valence-corrected chi connectivity index (χ2v) is 7.66. The molecule has 4 nitrogen and oxygen atoms in total. The monoisotopic (exact) mass is 460 g/mol. The number of hydrogen-bond acceptors (Lipinski definition) is 4. The number of benzene rings is 2. The van der Waals surface area contributed by atoms with Crippen LogP contribution in [0.1, 0.15) is 23.6 Å². The van der Waals surface area contributed by atoms with Crippen molar-refractivity contribution < 1.29 is 4.42 Å². The Balaban J connectivity index is 0.00000171. The van der Waals surface area contributed by atoms with Gasteiger partial charge in [-0.3, -0.25) is 9.80 Å². The lowest BCUT2D eigenvalue weighted by molar-refractivity contribution is 0.137. The van der Waals surface area contributed by atoms with Crippen molar-refractivity contribution in [2.45, 2.75) is 19.9 Å². The summed E-state index contributed by atoms with van der Waals surface area (Å²) in [5.74, 6) is 0. The van der Waals surface area contributed by atoms with Crippen LogP contribution in [-0.4, -0.2) is 42.5 Å². The number of rotatable bonds is 6. The Morgan fingerprint density at radius 1 is 0.935 bits per heavy atom. The number of nitrogens with zero attached hydrogens (tertiary/aromatic N) is 2. The average molecular weight is 461 g/mol. The summed E-state index contributed by atoms with van der Waals surface area (Å²) in [5.41, 5.74) is 4.01. The van der Waals surface area contributed by atoms with Gasteiger partial charge in [-0.15, -0.1) is 24.8 Å². The molecule has 6 heteroatoms. The number of aryl methyl sites for hydroxylation is 1. The third kappa shape index (κ3) is 6.68. The molecule has 0 N–H and O–H groups in total. The summed E-state index contributed by atoms with van der Waals surface area (Å²) in [6.45, 7) is 8.01. The van der Waals surface area contributed by atoms with Crippen molar-refractivity contribution >= 4 is 41.9 Å². The van der Waals surface area contributed by atoms with Crippen LogP contribution < -0.4 is 5.63 Å². The molecule has 0 radical (unpaired) electrons. The highest BCUT2D eigenvalue weighted by molar-refractivity contribution is 5.85. The fourth-order valence-corrected chi connectivity index (χ4v) is 3.90. The first-order valence-corrected chi connectivity index (χ1v) is 10.4. The van der Waals surface area contributed by atoms with Gasteiger partial charge in [0.15, 0.2) is 0 Å². The van der Waals surface area contributed by atoms with Gasteiger partial charge in [0.25, 0.3) is 0 Å². The minimum Gasteiger partial charge on any atom is -0.423 e. The minimum atomic E-state index is -0.263. The third-order valence-corrected chi connectivity index (χ3v) is 5.63. The molecule has 1 saturated heterocycles. The summed E-state index contributed by atoms with van der Waals surface area (Å²) in [4.78, 5) is 16.9. The van der Waals surface area contributed by atoms with Gasteiger partial charge in [0.05, 0.1) is 0 Å². The fourth-order valence-electron chi connectivity index (χ4n) is 3.90. The molecule has 3 aromatic rings. The molecule has 0 saturated carbocycles. The third-order valence-electron chi connectivity index (χ3n) is 5.63. The van der Waals surface area contributed by atoms with Crippen LogP contribution in [0.5, 0.6) is 0 Å². The highest BCUT2D eigenvalue weighted by Gasteiger charge is 2.17. The van der Waals surface area contributed by atoms with Crippen molar-refractivity contribution in [1.29, 1.82) is 0 Å². The van der Waals surface area contributed by atoms with Crippen LogP contribution in [0.3, 0.4) is 0 Å². The Bertz CT molecular complexity index is 1040. The van der Waals surface area contributed by atoms with E-state index in [1.54, 1.807) is 6.07 Å². The minimum absolute atomic E-state index is 0. The van der Waals surface area contributed by atoms with Gasteiger partial charge in [0, 0.05) is 50.7 Å². The van der Waals surface area contributed by atoms with Gasteiger partial charge >= 0.3 is 5.63 Å². The molecule has 31 heavy (non-hydrogen) atoms. The van der Waals surface area contributed by atoms with Crippen molar-refractivity contribution in [3.63, 3.8) is 0 Å². The van der Waals surface area contributed by atoms with E-state index < -0.39 is 0 Å². The van der Waals surface area contributed by atoms with Crippen LogP contribution in [-0.2, 0) is 13.0 Å². The molecule has 2 aromatic carbocycles. The van der Waals surface area contributed by atoms with Crippen molar-refractivity contribution in [1.82, 2.24) is 9.80 Å². The van der Waals surface area contributed by atoms with E-state index in [1.165, 1.54) is 11.1 Å². The maximum atomic E-state index is 12.0. The second-order valence-electron chi connectivity index (χ2n) is 7.66. The largest absolute Gasteiger partial charge is 0.423 e. The summed E-state index contributed by atoms with van der Waals surface area (Å²) in [5, 5.41) is 1.07. The maximum Gasteiger partial charge on any atom is 0.336 e. The highest BCUT2D eigenvalue weighted by atomic mass is 35.5. The average Bonchev–Trinajstić information content (AvgIpc) is 2.75. The molecule has 0 bridgehead atoms. The first-order chi connectivity index (χ1) is 14.2. The molecule has 1 aromatic heterocycles. The van der Waals surface area contributed by atoms with Crippen LogP contribution >= 0.6 is 24.8 Å². The van der Waals surface area contributed by atoms with Crippen molar-refractivity contribution in [2.75, 3.05) is 32.7 Å². The first kappa shape index (κ1) is 25.2. The highest BCUT2D eigenvalue weighted by Crippen LogP contribution is 2.21. The summed E-state index contributed by atoms with van der Waals surface area (Å²) in [7, 11) is 0. The maximum absolute atomic E-state index is 12.0. The van der Waals surface area contributed by atoms with Gasteiger partial charge in [-0.1, -0.05) is 55.5 Å². The second kappa shape index (κ2) is 12.1. The van der Waals surface area contributed by atoms with E-state index in [0.717, 1.165) is 56.6 Å². The van der Waals surface area contributed by atoms with Crippen molar-refractivity contribution in [3.8, 4) is 0 Å². The quantitative estimate of drug-likeness (QED) is 0.483. The molecule has 166 valence electrons. The van der Waals surface area contributed by atoms with E-state index in [9.17, 15) is 4.79 Å². The Kier molecular flexibility index (Phi) is 9.79. The molecule has 1 aliphatic heterocycles. The predicted molar refractivity (Wildman–Crippen MR) is 134 cm³/mol. The van der Waals surface area contributed by atoms with Gasteiger partial charge in [-0.2, -0.15) is 0 Å². The lowest BCUT2D eigenvalue weighted by Crippen LogP contribution is -2.45. The summed E-state index contributed by atoms with van der Waals surface area (Å²) < 4.78 is 5.40. The standard InChI is InChI=1S/C25H28N2O2.2ClH/c1-2-20-10-11-24-23(17-20)22(18-25(28)29-24)19-27-15-13-26(14-16-27)12-6-9-21-7-4-3-5-8-21;;/h3-11,17-18H,2,12-16,19H2,1H3;2*1H. The van der Waals surface area contributed by atoms with Gasteiger partial charge in [-0.05, 0) is 35.2 Å². The normalized spacial score (nSPS) is 15.0. The first-order valence-electron chi connectivity index (χ1n) is 10.4. The summed E-state index contributed by atoms with van der Waals surface area (Å²) in [6, 6.07) is 18.2. The van der Waals surface area contributed by atoms with E-state index in [-0.39, 0.29) is 30.4 Å². The lowest BCUT2D eigenvalue weighted by atomic mass is 10.0. The van der Waals surface area contributed by atoms with Crippen molar-refractivity contribution in [3.05, 3.63) is 87.8 Å². The van der Waals surface area contributed by atoms with Crippen LogP contribution in [0.4, 0.5) is 0 Å². The van der Waals surface area contributed by atoms with Crippen LogP contribution in [0, 0.1) is 0 Å². The molecular weight excluding hydrogens is 431 g/mol. The van der Waals surface area contributed by atoms with Gasteiger partial charge < -0.3 is 4.42 Å². The number of fused-ring (bicyclic) bond motifs is 1. The van der Waals surface area contributed by atoms with E-state index in [0.29, 0.717) is 5.58 Å². The number of hydrogen-bond donors (Lipinski definition) is 0. The SMILES string of the molecule is CCc1ccc2oc(=O)cc(CN3CCN(CC=Cc4ccccc4)CC3)c2c1.Cl.Cl. The van der Waals surface area contributed by atoms with Gasteiger partial charge in [-0.25, -0.2) is 4.79 Å². The predicted octanol–water partition coefficient (Wildman–Crippen LogP) is 5.03. The van der Waals surface area contributed by atoms with E-state index in [2.05, 4.69) is 59.2 Å². The van der Waals surface area contributed by atoms with Crippen LogP contribution in [0.25, 0.3) is 17.0 Å². The molecule has 0 spiro atoms. The van der Waals surface area contributed by atoms with Crippen molar-refractivity contribution in [2.24, 2.45) is 0 Å². The number of halogens is 2. The molecule has 1 fully saturated rings. The Morgan fingerprint density at radius 3 is 2.35 bits per heavy atom.